The van der Waals surface area contributed by atoms with Crippen molar-refractivity contribution in [1.29, 1.82) is 0 Å². The number of anilines is 1. The van der Waals surface area contributed by atoms with E-state index in [0.29, 0.717) is 22.8 Å². The van der Waals surface area contributed by atoms with Crippen molar-refractivity contribution in [2.24, 2.45) is 7.05 Å². The lowest BCUT2D eigenvalue weighted by atomic mass is 10.1. The van der Waals surface area contributed by atoms with Crippen LogP contribution < -0.4 is 15.0 Å². The summed E-state index contributed by atoms with van der Waals surface area (Å²) in [6, 6.07) is 12.4. The number of carbonyl (C=O) groups is 2. The van der Waals surface area contributed by atoms with Crippen LogP contribution in [-0.2, 0) is 16.6 Å². The maximum atomic E-state index is 13.4. The van der Waals surface area contributed by atoms with Crippen molar-refractivity contribution in [2.75, 3.05) is 11.4 Å². The van der Waals surface area contributed by atoms with Crippen LogP contribution in [0.4, 0.5) is 10.1 Å². The van der Waals surface area contributed by atoms with Gasteiger partial charge in [-0.3, -0.25) is 9.59 Å². The van der Waals surface area contributed by atoms with Crippen molar-refractivity contribution >= 4 is 17.5 Å². The first-order valence-corrected chi connectivity index (χ1v) is 9.51. The largest absolute Gasteiger partial charge is 0.477 e. The van der Waals surface area contributed by atoms with Crippen LogP contribution in [0.1, 0.15) is 24.4 Å². The second kappa shape index (κ2) is 7.98. The standard InChI is InChI=1S/C22H21FN4O3/c1-14(28)27-13-19(30-18-6-4-3-5-17(18)27)22(29)25-20(21-24-11-12-26(21)2)15-7-9-16(23)10-8-15/h3-12,19-20H,13H2,1-2H3,(H,25,29). The molecule has 0 spiro atoms. The molecule has 1 aromatic heterocycles. The Morgan fingerprint density at radius 1 is 1.20 bits per heavy atom. The van der Waals surface area contributed by atoms with Crippen LogP contribution in [0, 0.1) is 5.82 Å². The van der Waals surface area contributed by atoms with Gasteiger partial charge in [0.1, 0.15) is 23.4 Å². The lowest BCUT2D eigenvalue weighted by Crippen LogP contribution is -2.51. The zero-order valence-corrected chi connectivity index (χ0v) is 16.6. The number of hydrogen-bond donors (Lipinski definition) is 1. The van der Waals surface area contributed by atoms with E-state index in [2.05, 4.69) is 10.3 Å². The Morgan fingerprint density at radius 2 is 1.93 bits per heavy atom. The van der Waals surface area contributed by atoms with E-state index < -0.39 is 18.1 Å². The quantitative estimate of drug-likeness (QED) is 0.720. The summed E-state index contributed by atoms with van der Waals surface area (Å²) in [5, 5.41) is 2.95. The number of hydrogen-bond acceptors (Lipinski definition) is 4. The molecular weight excluding hydrogens is 387 g/mol. The van der Waals surface area contributed by atoms with Crippen molar-refractivity contribution in [3.8, 4) is 5.75 Å². The zero-order valence-electron chi connectivity index (χ0n) is 16.6. The molecule has 4 rings (SSSR count). The lowest BCUT2D eigenvalue weighted by Gasteiger charge is -2.34. The van der Waals surface area contributed by atoms with Gasteiger partial charge in [-0.15, -0.1) is 0 Å². The molecule has 2 heterocycles. The summed E-state index contributed by atoms with van der Waals surface area (Å²) in [5.74, 6) is 0.118. The summed E-state index contributed by atoms with van der Waals surface area (Å²) in [6.07, 6.45) is 2.50. The first kappa shape index (κ1) is 19.6. The van der Waals surface area contributed by atoms with E-state index in [1.807, 2.05) is 13.1 Å². The van der Waals surface area contributed by atoms with Crippen LogP contribution in [0.15, 0.2) is 60.9 Å². The fraction of sp³-hybridized carbons (Fsp3) is 0.227. The number of halogens is 1. The molecule has 0 aliphatic carbocycles. The summed E-state index contributed by atoms with van der Waals surface area (Å²) in [4.78, 5) is 31.1. The maximum absolute atomic E-state index is 13.4. The van der Waals surface area contributed by atoms with Gasteiger partial charge in [0, 0.05) is 26.4 Å². The molecule has 8 heteroatoms. The highest BCUT2D eigenvalue weighted by Gasteiger charge is 2.34. The number of nitrogens with zero attached hydrogens (tertiary/aromatic N) is 3. The Balaban J connectivity index is 1.62. The van der Waals surface area contributed by atoms with Gasteiger partial charge in [-0.1, -0.05) is 24.3 Å². The van der Waals surface area contributed by atoms with Gasteiger partial charge >= 0.3 is 0 Å². The molecule has 2 unspecified atom stereocenters. The van der Waals surface area contributed by atoms with E-state index >= 15 is 0 Å². The lowest BCUT2D eigenvalue weighted by molar-refractivity contribution is -0.128. The third-order valence-electron chi connectivity index (χ3n) is 5.05. The molecule has 7 nitrogen and oxygen atoms in total. The average molecular weight is 408 g/mol. The SMILES string of the molecule is CC(=O)N1CC(C(=O)NC(c2ccc(F)cc2)c2nccn2C)Oc2ccccc21. The fourth-order valence-corrected chi connectivity index (χ4v) is 3.51. The van der Waals surface area contributed by atoms with Gasteiger partial charge in [0.25, 0.3) is 5.91 Å². The van der Waals surface area contributed by atoms with E-state index in [-0.39, 0.29) is 18.3 Å². The van der Waals surface area contributed by atoms with E-state index in [1.54, 1.807) is 47.3 Å². The van der Waals surface area contributed by atoms with Gasteiger partial charge < -0.3 is 19.5 Å². The van der Waals surface area contributed by atoms with Crippen LogP contribution in [0.5, 0.6) is 5.75 Å². The predicted octanol–water partition coefficient (Wildman–Crippen LogP) is 2.58. The van der Waals surface area contributed by atoms with Crippen molar-refractivity contribution < 1.29 is 18.7 Å². The summed E-state index contributed by atoms with van der Waals surface area (Å²) < 4.78 is 21.1. The van der Waals surface area contributed by atoms with Crippen LogP contribution in [0.2, 0.25) is 0 Å². The van der Waals surface area contributed by atoms with E-state index in [0.717, 1.165) is 0 Å². The zero-order chi connectivity index (χ0) is 21.3. The fourth-order valence-electron chi connectivity index (χ4n) is 3.51. The van der Waals surface area contributed by atoms with Crippen molar-refractivity contribution in [1.82, 2.24) is 14.9 Å². The molecule has 0 saturated carbocycles. The number of rotatable bonds is 4. The maximum Gasteiger partial charge on any atom is 0.263 e. The Bertz CT molecular complexity index is 1080. The van der Waals surface area contributed by atoms with E-state index in [1.165, 1.54) is 24.0 Å². The normalized spacial score (nSPS) is 16.4. The first-order chi connectivity index (χ1) is 14.4. The number of imidazole rings is 1. The van der Waals surface area contributed by atoms with Crippen molar-refractivity contribution in [2.45, 2.75) is 19.1 Å². The molecule has 0 fully saturated rings. The van der Waals surface area contributed by atoms with Crippen LogP contribution in [0.25, 0.3) is 0 Å². The molecule has 30 heavy (non-hydrogen) atoms. The third kappa shape index (κ3) is 3.76. The number of aryl methyl sites for hydroxylation is 1. The van der Waals surface area contributed by atoms with Crippen LogP contribution in [0.3, 0.4) is 0 Å². The Kier molecular flexibility index (Phi) is 5.22. The molecule has 0 bridgehead atoms. The summed E-state index contributed by atoms with van der Waals surface area (Å²) in [7, 11) is 1.82. The van der Waals surface area contributed by atoms with Crippen molar-refractivity contribution in [3.63, 3.8) is 0 Å². The number of aromatic nitrogens is 2. The van der Waals surface area contributed by atoms with Gasteiger partial charge in [-0.05, 0) is 29.8 Å². The number of nitrogens with one attached hydrogen (secondary N) is 1. The number of fused-ring (bicyclic) bond motifs is 1. The third-order valence-corrected chi connectivity index (χ3v) is 5.05. The highest BCUT2D eigenvalue weighted by molar-refractivity contribution is 5.96. The van der Waals surface area contributed by atoms with Crippen LogP contribution in [-0.4, -0.2) is 34.0 Å². The molecule has 0 saturated heterocycles. The molecule has 1 aliphatic heterocycles. The minimum atomic E-state index is -0.896. The van der Waals surface area contributed by atoms with E-state index in [9.17, 15) is 14.0 Å². The molecule has 154 valence electrons. The summed E-state index contributed by atoms with van der Waals surface area (Å²) in [5.41, 5.74) is 1.31. The summed E-state index contributed by atoms with van der Waals surface area (Å²) in [6.45, 7) is 1.54. The Morgan fingerprint density at radius 3 is 2.60 bits per heavy atom. The topological polar surface area (TPSA) is 76.5 Å². The number of carbonyl (C=O) groups excluding carboxylic acids is 2. The Hall–Kier alpha value is -3.68. The smallest absolute Gasteiger partial charge is 0.263 e. The molecule has 2 amide bonds. The molecular formula is C22H21FN4O3. The highest BCUT2D eigenvalue weighted by Crippen LogP contribution is 2.33. The summed E-state index contributed by atoms with van der Waals surface area (Å²) >= 11 is 0. The minimum absolute atomic E-state index is 0.0921. The molecule has 0 radical (unpaired) electrons. The highest BCUT2D eigenvalue weighted by atomic mass is 19.1. The van der Waals surface area contributed by atoms with Crippen molar-refractivity contribution in [3.05, 3.63) is 78.1 Å². The molecule has 1 N–H and O–H groups in total. The predicted molar refractivity (Wildman–Crippen MR) is 108 cm³/mol. The van der Waals surface area contributed by atoms with E-state index in [4.69, 9.17) is 4.74 Å². The van der Waals surface area contributed by atoms with Gasteiger partial charge in [0.05, 0.1) is 12.2 Å². The molecule has 2 aromatic carbocycles. The molecule has 3 aromatic rings. The van der Waals surface area contributed by atoms with Crippen LogP contribution >= 0.6 is 0 Å². The molecule has 1 aliphatic rings. The van der Waals surface area contributed by atoms with Gasteiger partial charge in [0.15, 0.2) is 6.10 Å². The van der Waals surface area contributed by atoms with Gasteiger partial charge in [-0.25, -0.2) is 9.37 Å². The Labute approximate surface area is 173 Å². The molecule has 2 atom stereocenters. The number of amides is 2. The second-order valence-corrected chi connectivity index (χ2v) is 7.09. The monoisotopic (exact) mass is 408 g/mol. The van der Waals surface area contributed by atoms with Gasteiger partial charge in [-0.2, -0.15) is 0 Å². The van der Waals surface area contributed by atoms with Gasteiger partial charge in [0.2, 0.25) is 5.91 Å². The minimum Gasteiger partial charge on any atom is -0.477 e. The number of ether oxygens (including phenoxy) is 1. The first-order valence-electron chi connectivity index (χ1n) is 9.51. The average Bonchev–Trinajstić information content (AvgIpc) is 3.17. The number of para-hydroxylation sites is 2. The second-order valence-electron chi connectivity index (χ2n) is 7.09. The number of benzene rings is 2.